The Morgan fingerprint density at radius 1 is 1.38 bits per heavy atom. The zero-order valence-electron chi connectivity index (χ0n) is 14.3. The number of rotatable bonds is 7. The third-order valence-corrected chi connectivity index (χ3v) is 4.26. The van der Waals surface area contributed by atoms with Gasteiger partial charge >= 0.3 is 0 Å². The summed E-state index contributed by atoms with van der Waals surface area (Å²) < 4.78 is 2.12. The first kappa shape index (κ1) is 17.6. The number of benzene rings is 1. The van der Waals surface area contributed by atoms with Gasteiger partial charge in [-0.1, -0.05) is 31.6 Å². The summed E-state index contributed by atoms with van der Waals surface area (Å²) in [7, 11) is 0. The molecule has 2 aromatic rings. The van der Waals surface area contributed by atoms with Gasteiger partial charge in [0.1, 0.15) is 0 Å². The summed E-state index contributed by atoms with van der Waals surface area (Å²) >= 11 is 0. The third kappa shape index (κ3) is 3.26. The normalized spacial score (nSPS) is 10.4. The van der Waals surface area contributed by atoms with E-state index in [4.69, 9.17) is 11.0 Å². The smallest absolute Gasteiger partial charge is 0.251 e. The Kier molecular flexibility index (Phi) is 5.59. The fraction of sp³-hybridized carbons (Fsp3) is 0.300. The summed E-state index contributed by atoms with van der Waals surface area (Å²) in [5.74, 6) is -0.424. The van der Waals surface area contributed by atoms with Crippen molar-refractivity contribution >= 4 is 5.91 Å². The lowest BCUT2D eigenvalue weighted by Gasteiger charge is -2.11. The zero-order chi connectivity index (χ0) is 17.7. The van der Waals surface area contributed by atoms with E-state index in [9.17, 15) is 4.79 Å². The molecule has 0 saturated carbocycles. The second-order valence-electron chi connectivity index (χ2n) is 5.84. The molecule has 0 atom stereocenters. The van der Waals surface area contributed by atoms with E-state index in [-0.39, 0.29) is 0 Å². The molecule has 0 spiro atoms. The van der Waals surface area contributed by atoms with Gasteiger partial charge in [-0.05, 0) is 37.5 Å². The molecule has 124 valence electrons. The van der Waals surface area contributed by atoms with Crippen LogP contribution in [0.4, 0.5) is 0 Å². The van der Waals surface area contributed by atoms with Gasteiger partial charge in [-0.3, -0.25) is 4.79 Å². The summed E-state index contributed by atoms with van der Waals surface area (Å²) in [4.78, 5) is 12.1. The lowest BCUT2D eigenvalue weighted by molar-refractivity contribution is 0.1000. The molecule has 24 heavy (non-hydrogen) atoms. The highest BCUT2D eigenvalue weighted by atomic mass is 16.1. The first-order valence-corrected chi connectivity index (χ1v) is 8.18. The molecule has 1 heterocycles. The van der Waals surface area contributed by atoms with Crippen LogP contribution in [0.25, 0.3) is 11.1 Å². The predicted octanol–water partition coefficient (Wildman–Crippen LogP) is 3.96. The maximum atomic E-state index is 12.1. The van der Waals surface area contributed by atoms with Crippen molar-refractivity contribution in [1.29, 1.82) is 5.26 Å². The van der Waals surface area contributed by atoms with Gasteiger partial charge in [0, 0.05) is 23.5 Å². The van der Waals surface area contributed by atoms with Crippen molar-refractivity contribution in [3.8, 4) is 17.2 Å². The van der Waals surface area contributed by atoms with Gasteiger partial charge in [-0.25, -0.2) is 0 Å². The number of aromatic nitrogens is 1. The molecule has 0 aliphatic heterocycles. The number of nitrogens with two attached hydrogens (primary N) is 1. The summed E-state index contributed by atoms with van der Waals surface area (Å²) in [6.45, 7) is 8.53. The fourth-order valence-electron chi connectivity index (χ4n) is 3.10. The number of carbonyl (C=O) groups is 1. The van der Waals surface area contributed by atoms with Crippen LogP contribution in [0.15, 0.2) is 36.9 Å². The SMILES string of the molecule is C=CCn1c(C)c(C(N)=O)c(-c2ccc(C#N)cc2)c1CCCC. The highest BCUT2D eigenvalue weighted by Crippen LogP contribution is 2.34. The van der Waals surface area contributed by atoms with Gasteiger partial charge in [0.2, 0.25) is 0 Å². The summed E-state index contributed by atoms with van der Waals surface area (Å²) in [6, 6.07) is 9.42. The molecular formula is C20H23N3O. The van der Waals surface area contributed by atoms with Crippen LogP contribution in [-0.2, 0) is 13.0 Å². The second kappa shape index (κ2) is 7.65. The van der Waals surface area contributed by atoms with E-state index in [1.165, 1.54) is 0 Å². The Balaban J connectivity index is 2.73. The number of amides is 1. The summed E-state index contributed by atoms with van der Waals surface area (Å²) in [6.07, 6.45) is 4.79. The van der Waals surface area contributed by atoms with E-state index in [1.54, 1.807) is 12.1 Å². The van der Waals surface area contributed by atoms with Gasteiger partial charge in [0.25, 0.3) is 5.91 Å². The summed E-state index contributed by atoms with van der Waals surface area (Å²) in [5, 5.41) is 8.99. The van der Waals surface area contributed by atoms with Crippen molar-refractivity contribution < 1.29 is 4.79 Å². The van der Waals surface area contributed by atoms with Crippen LogP contribution >= 0.6 is 0 Å². The topological polar surface area (TPSA) is 71.8 Å². The van der Waals surface area contributed by atoms with E-state index >= 15 is 0 Å². The van der Waals surface area contributed by atoms with Gasteiger partial charge in [-0.2, -0.15) is 5.26 Å². The quantitative estimate of drug-likeness (QED) is 0.784. The standard InChI is InChI=1S/C20H23N3O/c1-4-6-7-17-19(16-10-8-15(13-21)9-11-16)18(20(22)24)14(3)23(17)12-5-2/h5,8-11H,2,4,6-7,12H2,1,3H3,(H2,22,24). The van der Waals surface area contributed by atoms with E-state index < -0.39 is 5.91 Å². The molecule has 0 fully saturated rings. The number of carbonyl (C=O) groups excluding carboxylic acids is 1. The maximum absolute atomic E-state index is 12.1. The minimum absolute atomic E-state index is 0.424. The predicted molar refractivity (Wildman–Crippen MR) is 96.6 cm³/mol. The molecule has 0 radical (unpaired) electrons. The number of nitriles is 1. The molecule has 1 aromatic carbocycles. The molecular weight excluding hydrogens is 298 g/mol. The fourth-order valence-corrected chi connectivity index (χ4v) is 3.10. The van der Waals surface area contributed by atoms with Crippen LogP contribution < -0.4 is 5.73 Å². The average Bonchev–Trinajstić information content (AvgIpc) is 2.86. The molecule has 4 nitrogen and oxygen atoms in total. The van der Waals surface area contributed by atoms with E-state index in [2.05, 4.69) is 24.1 Å². The minimum Gasteiger partial charge on any atom is -0.366 e. The van der Waals surface area contributed by atoms with Gasteiger partial charge in [0.15, 0.2) is 0 Å². The second-order valence-corrected chi connectivity index (χ2v) is 5.84. The lowest BCUT2D eigenvalue weighted by atomic mass is 9.97. The van der Waals surface area contributed by atoms with Gasteiger partial charge < -0.3 is 10.3 Å². The van der Waals surface area contributed by atoms with Gasteiger partial charge in [-0.15, -0.1) is 6.58 Å². The van der Waals surface area contributed by atoms with Crippen LogP contribution in [-0.4, -0.2) is 10.5 Å². The Morgan fingerprint density at radius 3 is 2.54 bits per heavy atom. The van der Waals surface area contributed by atoms with Crippen LogP contribution in [0.1, 0.15) is 47.1 Å². The number of unbranched alkanes of at least 4 members (excludes halogenated alkanes) is 1. The molecule has 1 amide bonds. The van der Waals surface area contributed by atoms with E-state index in [0.717, 1.165) is 41.8 Å². The van der Waals surface area contributed by atoms with Crippen molar-refractivity contribution in [3.63, 3.8) is 0 Å². The molecule has 0 aliphatic carbocycles. The Bertz CT molecular complexity index is 792. The first-order valence-electron chi connectivity index (χ1n) is 8.18. The third-order valence-electron chi connectivity index (χ3n) is 4.26. The Morgan fingerprint density at radius 2 is 2.04 bits per heavy atom. The molecule has 0 aliphatic rings. The highest BCUT2D eigenvalue weighted by Gasteiger charge is 2.23. The lowest BCUT2D eigenvalue weighted by Crippen LogP contribution is -2.13. The average molecular weight is 321 g/mol. The number of hydrogen-bond donors (Lipinski definition) is 1. The van der Waals surface area contributed by atoms with Gasteiger partial charge in [0.05, 0.1) is 17.2 Å². The largest absolute Gasteiger partial charge is 0.366 e. The summed E-state index contributed by atoms with van der Waals surface area (Å²) in [5.41, 5.74) is 10.6. The Labute approximate surface area is 143 Å². The van der Waals surface area contributed by atoms with Crippen molar-refractivity contribution in [2.24, 2.45) is 5.73 Å². The molecule has 1 aromatic heterocycles. The number of allylic oxidation sites excluding steroid dienone is 1. The van der Waals surface area contributed by atoms with Crippen LogP contribution in [0.2, 0.25) is 0 Å². The molecule has 2 rings (SSSR count). The van der Waals surface area contributed by atoms with E-state index in [0.29, 0.717) is 17.7 Å². The van der Waals surface area contributed by atoms with Crippen molar-refractivity contribution in [3.05, 3.63) is 59.4 Å². The number of primary amides is 1. The van der Waals surface area contributed by atoms with Crippen molar-refractivity contribution in [2.75, 3.05) is 0 Å². The minimum atomic E-state index is -0.424. The highest BCUT2D eigenvalue weighted by molar-refractivity contribution is 6.02. The monoisotopic (exact) mass is 321 g/mol. The maximum Gasteiger partial charge on any atom is 0.251 e. The zero-order valence-corrected chi connectivity index (χ0v) is 14.3. The van der Waals surface area contributed by atoms with Crippen molar-refractivity contribution in [2.45, 2.75) is 39.7 Å². The molecule has 2 N–H and O–H groups in total. The van der Waals surface area contributed by atoms with Crippen LogP contribution in [0.5, 0.6) is 0 Å². The Hall–Kier alpha value is -2.80. The van der Waals surface area contributed by atoms with Crippen molar-refractivity contribution in [1.82, 2.24) is 4.57 Å². The molecule has 0 unspecified atom stereocenters. The molecule has 0 saturated heterocycles. The van der Waals surface area contributed by atoms with E-state index in [1.807, 2.05) is 25.1 Å². The first-order chi connectivity index (χ1) is 11.5. The molecule has 0 bridgehead atoms. The molecule has 4 heteroatoms. The van der Waals surface area contributed by atoms with Crippen LogP contribution in [0.3, 0.4) is 0 Å². The number of hydrogen-bond acceptors (Lipinski definition) is 2. The van der Waals surface area contributed by atoms with Crippen LogP contribution in [0, 0.1) is 18.3 Å². The number of nitrogens with zero attached hydrogens (tertiary/aromatic N) is 2.